The molecule has 10 heteroatoms. The van der Waals surface area contributed by atoms with Crippen molar-refractivity contribution in [1.82, 2.24) is 24.4 Å². The fourth-order valence-electron chi connectivity index (χ4n) is 6.01. The largest absolute Gasteiger partial charge is 0.508 e. The molecule has 2 aromatic heterocycles. The maximum absolute atomic E-state index is 12.5. The minimum Gasteiger partial charge on any atom is -0.508 e. The standard InChI is InChI=1S/C32H41N5O4Si/c1-31(2,3)32(12-7-13-37(32)30(39)40)29-35-20-27(36(29)21-41-14-15-42(4,5)6)25-18-33-28(34-19-25)24-9-8-23-17-26(38)11-10-22(23)16-24/h8-11,16-20,38H,7,12-15,21H2,1-6H3,(H,39,40)/t32-/m1/s1. The first-order valence-corrected chi connectivity index (χ1v) is 18.2. The second kappa shape index (κ2) is 11.1. The Morgan fingerprint density at radius 1 is 1.00 bits per heavy atom. The summed E-state index contributed by atoms with van der Waals surface area (Å²) in [5, 5.41) is 22.0. The number of aromatic hydroxyl groups is 1. The number of aromatic nitrogens is 4. The number of benzene rings is 2. The summed E-state index contributed by atoms with van der Waals surface area (Å²) in [5.74, 6) is 1.51. The summed E-state index contributed by atoms with van der Waals surface area (Å²) < 4.78 is 8.27. The van der Waals surface area contributed by atoms with Crippen molar-refractivity contribution in [2.45, 2.75) is 71.6 Å². The van der Waals surface area contributed by atoms with Gasteiger partial charge in [-0.15, -0.1) is 0 Å². The Morgan fingerprint density at radius 2 is 1.69 bits per heavy atom. The Kier molecular flexibility index (Phi) is 7.89. The highest BCUT2D eigenvalue weighted by Crippen LogP contribution is 2.51. The summed E-state index contributed by atoms with van der Waals surface area (Å²) in [6.45, 7) is 14.6. The lowest BCUT2D eigenvalue weighted by Crippen LogP contribution is -2.54. The minimum absolute atomic E-state index is 0.230. The van der Waals surface area contributed by atoms with Crippen molar-refractivity contribution in [3.63, 3.8) is 0 Å². The number of phenols is 1. The Balaban J connectivity index is 1.54. The molecule has 1 amide bonds. The molecule has 2 aromatic carbocycles. The zero-order valence-electron chi connectivity index (χ0n) is 25.4. The predicted molar refractivity (Wildman–Crippen MR) is 167 cm³/mol. The van der Waals surface area contributed by atoms with Crippen molar-refractivity contribution >= 4 is 24.9 Å². The molecule has 0 saturated carbocycles. The Morgan fingerprint density at radius 3 is 2.36 bits per heavy atom. The van der Waals surface area contributed by atoms with Crippen LogP contribution in [0.2, 0.25) is 25.7 Å². The van der Waals surface area contributed by atoms with E-state index >= 15 is 0 Å². The number of nitrogens with zero attached hydrogens (tertiary/aromatic N) is 5. The van der Waals surface area contributed by atoms with Crippen LogP contribution in [0.4, 0.5) is 4.79 Å². The highest BCUT2D eigenvalue weighted by molar-refractivity contribution is 6.76. The summed E-state index contributed by atoms with van der Waals surface area (Å²) in [4.78, 5) is 28.4. The number of hydrogen-bond acceptors (Lipinski definition) is 6. The number of likely N-dealkylation sites (tertiary alicyclic amines) is 1. The van der Waals surface area contributed by atoms with Crippen LogP contribution in [-0.2, 0) is 17.0 Å². The molecule has 9 nitrogen and oxygen atoms in total. The Hall–Kier alpha value is -3.76. The van der Waals surface area contributed by atoms with Crippen LogP contribution in [0.25, 0.3) is 33.4 Å². The molecule has 0 radical (unpaired) electrons. The second-order valence-corrected chi connectivity index (χ2v) is 19.1. The van der Waals surface area contributed by atoms with Gasteiger partial charge in [-0.3, -0.25) is 4.90 Å². The van der Waals surface area contributed by atoms with Gasteiger partial charge < -0.3 is 19.5 Å². The summed E-state index contributed by atoms with van der Waals surface area (Å²) in [6.07, 6.45) is 5.89. The van der Waals surface area contributed by atoms with Crippen LogP contribution in [0, 0.1) is 5.41 Å². The molecule has 222 valence electrons. The van der Waals surface area contributed by atoms with Gasteiger partial charge in [-0.25, -0.2) is 19.7 Å². The third kappa shape index (κ3) is 5.65. The van der Waals surface area contributed by atoms with Gasteiger partial charge in [0, 0.05) is 44.7 Å². The summed E-state index contributed by atoms with van der Waals surface area (Å²) in [5.41, 5.74) is 1.23. The topological polar surface area (TPSA) is 114 Å². The average molecular weight is 588 g/mol. The van der Waals surface area contributed by atoms with Crippen molar-refractivity contribution in [1.29, 1.82) is 0 Å². The van der Waals surface area contributed by atoms with Crippen molar-refractivity contribution in [2.24, 2.45) is 5.41 Å². The molecule has 1 aliphatic rings. The van der Waals surface area contributed by atoms with E-state index in [4.69, 9.17) is 19.7 Å². The Bertz CT molecular complexity index is 1590. The molecule has 0 bridgehead atoms. The molecule has 0 spiro atoms. The van der Waals surface area contributed by atoms with Gasteiger partial charge in [-0.05, 0) is 53.3 Å². The molecule has 0 unspecified atom stereocenters. The predicted octanol–water partition coefficient (Wildman–Crippen LogP) is 7.19. The lowest BCUT2D eigenvalue weighted by molar-refractivity contribution is 0.00957. The van der Waals surface area contributed by atoms with Crippen LogP contribution >= 0.6 is 0 Å². The molecule has 2 N–H and O–H groups in total. The molecule has 0 aliphatic carbocycles. The van der Waals surface area contributed by atoms with Gasteiger partial charge in [0.15, 0.2) is 5.82 Å². The van der Waals surface area contributed by atoms with E-state index in [0.29, 0.717) is 31.2 Å². The summed E-state index contributed by atoms with van der Waals surface area (Å²) in [6, 6.07) is 12.2. The normalized spacial score (nSPS) is 17.7. The number of rotatable bonds is 8. The number of imidazole rings is 1. The van der Waals surface area contributed by atoms with Gasteiger partial charge in [0.05, 0.1) is 11.9 Å². The maximum Gasteiger partial charge on any atom is 0.408 e. The van der Waals surface area contributed by atoms with Gasteiger partial charge in [0.1, 0.15) is 23.8 Å². The number of fused-ring (bicyclic) bond motifs is 1. The fraction of sp³-hybridized carbons (Fsp3) is 0.438. The minimum atomic E-state index is -1.29. The molecule has 1 atom stereocenters. The van der Waals surface area contributed by atoms with E-state index in [-0.39, 0.29) is 12.5 Å². The van der Waals surface area contributed by atoms with Crippen LogP contribution in [0.5, 0.6) is 5.75 Å². The van der Waals surface area contributed by atoms with Gasteiger partial charge >= 0.3 is 6.09 Å². The van der Waals surface area contributed by atoms with E-state index in [2.05, 4.69) is 40.4 Å². The van der Waals surface area contributed by atoms with Gasteiger partial charge in [-0.1, -0.05) is 58.6 Å². The monoisotopic (exact) mass is 587 g/mol. The molecule has 42 heavy (non-hydrogen) atoms. The highest BCUT2D eigenvalue weighted by Gasteiger charge is 2.56. The number of carboxylic acid groups (broad SMARTS) is 1. The van der Waals surface area contributed by atoms with Crippen molar-refractivity contribution in [2.75, 3.05) is 13.2 Å². The van der Waals surface area contributed by atoms with E-state index < -0.39 is 25.1 Å². The Labute approximate surface area is 248 Å². The number of hydrogen-bond donors (Lipinski definition) is 2. The van der Waals surface area contributed by atoms with Crippen LogP contribution in [0.1, 0.15) is 39.4 Å². The number of ether oxygens (including phenoxy) is 1. The first-order valence-electron chi connectivity index (χ1n) is 14.5. The quantitative estimate of drug-likeness (QED) is 0.166. The van der Waals surface area contributed by atoms with Gasteiger partial charge in [0.25, 0.3) is 0 Å². The molecule has 1 saturated heterocycles. The molecule has 3 heterocycles. The van der Waals surface area contributed by atoms with E-state index in [9.17, 15) is 15.0 Å². The van der Waals surface area contributed by atoms with E-state index in [1.165, 1.54) is 0 Å². The van der Waals surface area contributed by atoms with Gasteiger partial charge in [-0.2, -0.15) is 0 Å². The molecular formula is C32H41N5O4Si. The third-order valence-electron chi connectivity index (χ3n) is 8.32. The molecule has 5 rings (SSSR count). The first-order chi connectivity index (χ1) is 19.8. The second-order valence-electron chi connectivity index (χ2n) is 13.4. The van der Waals surface area contributed by atoms with Crippen LogP contribution in [0.3, 0.4) is 0 Å². The third-order valence-corrected chi connectivity index (χ3v) is 10.0. The number of amides is 1. The molecule has 1 fully saturated rings. The SMILES string of the molecule is CC(C)(C)[C@]1(c2ncc(-c3cnc(-c4ccc5cc(O)ccc5c4)nc3)n2COCC[Si](C)(C)C)CCCN1C(=O)O. The van der Waals surface area contributed by atoms with Gasteiger partial charge in [0.2, 0.25) is 0 Å². The lowest BCUT2D eigenvalue weighted by Gasteiger charge is -2.46. The first kappa shape index (κ1) is 29.7. The van der Waals surface area contributed by atoms with Crippen molar-refractivity contribution in [3.8, 4) is 28.4 Å². The van der Waals surface area contributed by atoms with Crippen molar-refractivity contribution < 1.29 is 19.7 Å². The zero-order chi connectivity index (χ0) is 30.3. The molecular weight excluding hydrogens is 546 g/mol. The average Bonchev–Trinajstić information content (AvgIpc) is 3.56. The van der Waals surface area contributed by atoms with E-state index in [1.807, 2.05) is 28.8 Å². The summed E-state index contributed by atoms with van der Waals surface area (Å²) in [7, 11) is -1.29. The fourth-order valence-corrected chi connectivity index (χ4v) is 6.76. The van der Waals surface area contributed by atoms with Crippen LogP contribution in [-0.4, -0.2) is 62.0 Å². The number of phenolic OH excluding ortho intramolecular Hbond substituents is 1. The molecule has 4 aromatic rings. The smallest absolute Gasteiger partial charge is 0.408 e. The van der Waals surface area contributed by atoms with Crippen LogP contribution < -0.4 is 0 Å². The van der Waals surface area contributed by atoms with Crippen LogP contribution in [0.15, 0.2) is 55.0 Å². The zero-order valence-corrected chi connectivity index (χ0v) is 26.4. The number of carbonyl (C=O) groups is 1. The maximum atomic E-state index is 12.5. The summed E-state index contributed by atoms with van der Waals surface area (Å²) >= 11 is 0. The highest BCUT2D eigenvalue weighted by atomic mass is 28.3. The van der Waals surface area contributed by atoms with E-state index in [0.717, 1.165) is 40.1 Å². The van der Waals surface area contributed by atoms with E-state index in [1.54, 1.807) is 35.6 Å². The lowest BCUT2D eigenvalue weighted by atomic mass is 9.71. The molecule has 1 aliphatic heterocycles. The van der Waals surface area contributed by atoms with Crippen molar-refractivity contribution in [3.05, 3.63) is 60.8 Å².